The van der Waals surface area contributed by atoms with Crippen LogP contribution in [0.2, 0.25) is 0 Å². The number of hydrogen-bond acceptors (Lipinski definition) is 4. The third-order valence-corrected chi connectivity index (χ3v) is 3.87. The number of rotatable bonds is 7. The Morgan fingerprint density at radius 2 is 2.05 bits per heavy atom. The lowest BCUT2D eigenvalue weighted by molar-refractivity contribution is -0.145. The molecule has 2 rings (SSSR count). The molecule has 0 saturated heterocycles. The van der Waals surface area contributed by atoms with Crippen LogP contribution in [-0.4, -0.2) is 36.5 Å². The molecule has 3 N–H and O–H groups in total. The number of carbonyl (C=O) groups is 2. The molecule has 1 atom stereocenters. The van der Waals surface area contributed by atoms with Crippen molar-refractivity contribution in [1.82, 2.24) is 5.32 Å². The normalized spacial score (nSPS) is 15.8. The van der Waals surface area contributed by atoms with Crippen molar-refractivity contribution in [3.63, 3.8) is 0 Å². The minimum Gasteiger partial charge on any atom is -0.481 e. The monoisotopic (exact) mass is 302 g/mol. The first kappa shape index (κ1) is 16.2. The van der Waals surface area contributed by atoms with Crippen LogP contribution in [0, 0.1) is 5.92 Å². The maximum Gasteiger partial charge on any atom is 0.315 e. The highest BCUT2D eigenvalue weighted by molar-refractivity contribution is 5.98. The number of carboxylic acids is 1. The molecule has 0 aliphatic carbocycles. The Morgan fingerprint density at radius 3 is 2.59 bits per heavy atom. The summed E-state index contributed by atoms with van der Waals surface area (Å²) < 4.78 is 0. The number of carbonyl (C=O) groups excluding carboxylic acids is 1. The van der Waals surface area contributed by atoms with Gasteiger partial charge >= 0.3 is 5.97 Å². The zero-order chi connectivity index (χ0) is 15.9. The molecule has 1 aromatic carbocycles. The molecule has 0 aromatic heterocycles. The number of aliphatic carboxylic acids is 1. The number of benzene rings is 1. The number of hydrogen-bond donors (Lipinski definition) is 3. The molecule has 1 aliphatic heterocycles. The highest BCUT2D eigenvalue weighted by Gasteiger charge is 2.24. The summed E-state index contributed by atoms with van der Waals surface area (Å²) in [4.78, 5) is 22.7. The van der Waals surface area contributed by atoms with Crippen LogP contribution in [0.25, 0.3) is 5.57 Å². The van der Waals surface area contributed by atoms with Gasteiger partial charge in [0.05, 0.1) is 0 Å². The molecular weight excluding hydrogens is 280 g/mol. The van der Waals surface area contributed by atoms with Crippen molar-refractivity contribution < 1.29 is 14.7 Å². The standard InChI is InChI=1S/C17H22N2O3/c1-2-16(20)15(17(21)22)11-19-14-5-3-12(4-6-14)13-7-9-18-10-8-13/h3-7,15,18-19H,2,8-11H2,1H3,(H,21,22). The van der Waals surface area contributed by atoms with Crippen molar-refractivity contribution in [2.75, 3.05) is 25.0 Å². The van der Waals surface area contributed by atoms with Gasteiger partial charge in [-0.3, -0.25) is 9.59 Å². The van der Waals surface area contributed by atoms with Gasteiger partial charge < -0.3 is 15.7 Å². The van der Waals surface area contributed by atoms with Crippen molar-refractivity contribution in [1.29, 1.82) is 0 Å². The Morgan fingerprint density at radius 1 is 1.32 bits per heavy atom. The molecule has 1 aliphatic rings. The molecule has 118 valence electrons. The van der Waals surface area contributed by atoms with Crippen molar-refractivity contribution >= 4 is 23.0 Å². The van der Waals surface area contributed by atoms with Crippen molar-refractivity contribution in [2.45, 2.75) is 19.8 Å². The number of Topliss-reactive ketones (excluding diaryl/α,β-unsaturated/α-hetero) is 1. The first-order chi connectivity index (χ1) is 10.6. The molecule has 22 heavy (non-hydrogen) atoms. The van der Waals surface area contributed by atoms with Gasteiger partial charge in [-0.2, -0.15) is 0 Å². The largest absolute Gasteiger partial charge is 0.481 e. The Balaban J connectivity index is 1.97. The summed E-state index contributed by atoms with van der Waals surface area (Å²) in [6.07, 6.45) is 3.44. The molecule has 0 bridgehead atoms. The molecular formula is C17H22N2O3. The Labute approximate surface area is 130 Å². The van der Waals surface area contributed by atoms with Crippen LogP contribution in [0.15, 0.2) is 30.3 Å². The predicted molar refractivity (Wildman–Crippen MR) is 86.8 cm³/mol. The lowest BCUT2D eigenvalue weighted by atomic mass is 9.99. The zero-order valence-electron chi connectivity index (χ0n) is 12.8. The summed E-state index contributed by atoms with van der Waals surface area (Å²) in [5.74, 6) is -2.32. The number of nitrogens with one attached hydrogen (secondary N) is 2. The maximum absolute atomic E-state index is 11.6. The second-order valence-electron chi connectivity index (χ2n) is 5.35. The molecule has 1 unspecified atom stereocenters. The van der Waals surface area contributed by atoms with E-state index in [1.165, 1.54) is 11.1 Å². The first-order valence-electron chi connectivity index (χ1n) is 7.61. The Bertz CT molecular complexity index is 564. The van der Waals surface area contributed by atoms with E-state index in [1.54, 1.807) is 6.92 Å². The minimum absolute atomic E-state index is 0.119. The topological polar surface area (TPSA) is 78.4 Å². The van der Waals surface area contributed by atoms with E-state index in [0.29, 0.717) is 0 Å². The SMILES string of the molecule is CCC(=O)C(CNc1ccc(C2=CCNCC2)cc1)C(=O)O. The minimum atomic E-state index is -1.07. The average Bonchev–Trinajstić information content (AvgIpc) is 2.56. The third kappa shape index (κ3) is 4.18. The zero-order valence-corrected chi connectivity index (χ0v) is 12.8. The van der Waals surface area contributed by atoms with Crippen molar-refractivity contribution in [3.05, 3.63) is 35.9 Å². The van der Waals surface area contributed by atoms with Crippen LogP contribution >= 0.6 is 0 Å². The van der Waals surface area contributed by atoms with E-state index in [2.05, 4.69) is 16.7 Å². The second-order valence-corrected chi connectivity index (χ2v) is 5.35. The van der Waals surface area contributed by atoms with Gasteiger partial charge in [0.15, 0.2) is 0 Å². The van der Waals surface area contributed by atoms with Crippen molar-refractivity contribution in [2.24, 2.45) is 5.92 Å². The number of ketones is 1. The van der Waals surface area contributed by atoms with Gasteiger partial charge in [0.2, 0.25) is 0 Å². The van der Waals surface area contributed by atoms with Crippen LogP contribution in [-0.2, 0) is 9.59 Å². The van der Waals surface area contributed by atoms with Crippen LogP contribution < -0.4 is 10.6 Å². The van der Waals surface area contributed by atoms with E-state index in [1.807, 2.05) is 24.3 Å². The second kappa shape index (κ2) is 7.75. The molecule has 0 fully saturated rings. The number of anilines is 1. The molecule has 5 heteroatoms. The fourth-order valence-electron chi connectivity index (χ4n) is 2.49. The lowest BCUT2D eigenvalue weighted by Gasteiger charge is -2.15. The van der Waals surface area contributed by atoms with Crippen LogP contribution in [0.4, 0.5) is 5.69 Å². The highest BCUT2D eigenvalue weighted by Crippen LogP contribution is 2.21. The quantitative estimate of drug-likeness (QED) is 0.673. The number of carboxylic acid groups (broad SMARTS) is 1. The van der Waals surface area contributed by atoms with Gasteiger partial charge in [-0.25, -0.2) is 0 Å². The first-order valence-corrected chi connectivity index (χ1v) is 7.61. The van der Waals surface area contributed by atoms with E-state index in [9.17, 15) is 9.59 Å². The predicted octanol–water partition coefficient (Wildman–Crippen LogP) is 2.16. The smallest absolute Gasteiger partial charge is 0.315 e. The summed E-state index contributed by atoms with van der Waals surface area (Å²) in [6, 6.07) is 7.90. The lowest BCUT2D eigenvalue weighted by Crippen LogP contribution is -2.30. The molecule has 1 aromatic rings. The molecule has 0 amide bonds. The van der Waals surface area contributed by atoms with Crippen LogP contribution in [0.5, 0.6) is 0 Å². The van der Waals surface area contributed by atoms with E-state index < -0.39 is 11.9 Å². The van der Waals surface area contributed by atoms with E-state index in [4.69, 9.17) is 5.11 Å². The Kier molecular flexibility index (Phi) is 5.72. The molecule has 0 saturated carbocycles. The van der Waals surface area contributed by atoms with Gasteiger partial charge in [0.25, 0.3) is 0 Å². The maximum atomic E-state index is 11.6. The van der Waals surface area contributed by atoms with Gasteiger partial charge in [-0.1, -0.05) is 25.1 Å². The van der Waals surface area contributed by atoms with E-state index in [-0.39, 0.29) is 18.7 Å². The molecule has 5 nitrogen and oxygen atoms in total. The van der Waals surface area contributed by atoms with Crippen LogP contribution in [0.1, 0.15) is 25.3 Å². The molecule has 0 spiro atoms. The summed E-state index contributed by atoms with van der Waals surface area (Å²) in [5, 5.41) is 15.4. The third-order valence-electron chi connectivity index (χ3n) is 3.87. The van der Waals surface area contributed by atoms with Gasteiger partial charge in [-0.15, -0.1) is 0 Å². The van der Waals surface area contributed by atoms with Gasteiger partial charge in [0, 0.05) is 25.2 Å². The van der Waals surface area contributed by atoms with Gasteiger partial charge in [0.1, 0.15) is 11.7 Å². The summed E-state index contributed by atoms with van der Waals surface area (Å²) in [7, 11) is 0. The fourth-order valence-corrected chi connectivity index (χ4v) is 2.49. The molecule has 0 radical (unpaired) electrons. The van der Waals surface area contributed by atoms with Crippen molar-refractivity contribution in [3.8, 4) is 0 Å². The van der Waals surface area contributed by atoms with Gasteiger partial charge in [-0.05, 0) is 36.2 Å². The van der Waals surface area contributed by atoms with E-state index >= 15 is 0 Å². The Hall–Kier alpha value is -2.14. The highest BCUT2D eigenvalue weighted by atomic mass is 16.4. The summed E-state index contributed by atoms with van der Waals surface area (Å²) >= 11 is 0. The summed E-state index contributed by atoms with van der Waals surface area (Å²) in [6.45, 7) is 3.69. The van der Waals surface area contributed by atoms with Crippen LogP contribution in [0.3, 0.4) is 0 Å². The fraction of sp³-hybridized carbons (Fsp3) is 0.412. The molecule has 1 heterocycles. The average molecular weight is 302 g/mol. The van der Waals surface area contributed by atoms with E-state index in [0.717, 1.165) is 25.2 Å². The summed E-state index contributed by atoms with van der Waals surface area (Å²) in [5.41, 5.74) is 3.34.